The van der Waals surface area contributed by atoms with Crippen LogP contribution >= 0.6 is 0 Å². The lowest BCUT2D eigenvalue weighted by Crippen LogP contribution is -2.14. The van der Waals surface area contributed by atoms with Crippen molar-refractivity contribution in [2.24, 2.45) is 0 Å². The van der Waals surface area contributed by atoms with Gasteiger partial charge in [0.15, 0.2) is 0 Å². The van der Waals surface area contributed by atoms with Crippen molar-refractivity contribution in [3.8, 4) is 0 Å². The van der Waals surface area contributed by atoms with Crippen molar-refractivity contribution >= 4 is 26.6 Å². The molecule has 0 spiro atoms. The summed E-state index contributed by atoms with van der Waals surface area (Å²) in [6, 6.07) is 14.4. The minimum absolute atomic E-state index is 0.00492. The van der Waals surface area contributed by atoms with Gasteiger partial charge < -0.3 is 4.98 Å². The monoisotopic (exact) mass is 328 g/mol. The number of H-pyrrole nitrogens is 1. The average Bonchev–Trinajstić information content (AvgIpc) is 2.93. The summed E-state index contributed by atoms with van der Waals surface area (Å²) in [4.78, 5) is 3.35. The molecule has 0 unspecified atom stereocenters. The maximum atomic E-state index is 12.5. The number of sulfonamides is 1. The van der Waals surface area contributed by atoms with Crippen LogP contribution in [0.1, 0.15) is 26.3 Å². The van der Waals surface area contributed by atoms with E-state index in [9.17, 15) is 8.42 Å². The highest BCUT2D eigenvalue weighted by molar-refractivity contribution is 7.92. The molecule has 0 fully saturated rings. The second-order valence-electron chi connectivity index (χ2n) is 6.66. The molecule has 1 heterocycles. The number of hydrogen-bond donors (Lipinski definition) is 2. The number of benzene rings is 2. The predicted molar refractivity (Wildman–Crippen MR) is 94.2 cm³/mol. The van der Waals surface area contributed by atoms with Crippen LogP contribution in [0.25, 0.3) is 10.9 Å². The van der Waals surface area contributed by atoms with E-state index >= 15 is 0 Å². The molecule has 0 aliphatic carbocycles. The summed E-state index contributed by atoms with van der Waals surface area (Å²) in [5.74, 6) is 0. The smallest absolute Gasteiger partial charge is 0.261 e. The van der Waals surface area contributed by atoms with Gasteiger partial charge in [0.05, 0.1) is 4.90 Å². The Hall–Kier alpha value is -2.27. The van der Waals surface area contributed by atoms with Crippen LogP contribution in [-0.2, 0) is 15.4 Å². The third kappa shape index (κ3) is 3.24. The summed E-state index contributed by atoms with van der Waals surface area (Å²) in [5.41, 5.74) is 2.62. The molecule has 120 valence electrons. The number of rotatable bonds is 3. The van der Waals surface area contributed by atoms with E-state index in [4.69, 9.17) is 0 Å². The second-order valence-corrected chi connectivity index (χ2v) is 8.34. The van der Waals surface area contributed by atoms with Gasteiger partial charge in [0.25, 0.3) is 10.0 Å². The predicted octanol–water partition coefficient (Wildman–Crippen LogP) is 4.27. The third-order valence-corrected chi connectivity index (χ3v) is 5.23. The van der Waals surface area contributed by atoms with Gasteiger partial charge in [-0.05, 0) is 47.4 Å². The minimum Gasteiger partial charge on any atom is -0.361 e. The van der Waals surface area contributed by atoms with Gasteiger partial charge in [-0.15, -0.1) is 0 Å². The van der Waals surface area contributed by atoms with Gasteiger partial charge >= 0.3 is 0 Å². The Morgan fingerprint density at radius 2 is 1.65 bits per heavy atom. The summed E-state index contributed by atoms with van der Waals surface area (Å²) in [5, 5.41) is 0.966. The number of nitrogens with one attached hydrogen (secondary N) is 2. The van der Waals surface area contributed by atoms with Crippen molar-refractivity contribution in [2.75, 3.05) is 4.72 Å². The average molecular weight is 328 g/mol. The van der Waals surface area contributed by atoms with Crippen LogP contribution in [0.5, 0.6) is 0 Å². The van der Waals surface area contributed by atoms with Crippen LogP contribution in [0.3, 0.4) is 0 Å². The van der Waals surface area contributed by atoms with Crippen molar-refractivity contribution in [3.63, 3.8) is 0 Å². The maximum absolute atomic E-state index is 12.5. The fourth-order valence-electron chi connectivity index (χ4n) is 2.46. The molecule has 23 heavy (non-hydrogen) atoms. The largest absolute Gasteiger partial charge is 0.361 e. The summed E-state index contributed by atoms with van der Waals surface area (Å²) in [7, 11) is -3.59. The fourth-order valence-corrected chi connectivity index (χ4v) is 3.51. The molecule has 3 rings (SSSR count). The molecule has 0 amide bonds. The molecule has 0 aliphatic rings. The Morgan fingerprint density at radius 1 is 0.957 bits per heavy atom. The summed E-state index contributed by atoms with van der Waals surface area (Å²) < 4.78 is 27.7. The molecule has 0 radical (unpaired) electrons. The first-order valence-corrected chi connectivity index (χ1v) is 8.94. The van der Waals surface area contributed by atoms with Crippen molar-refractivity contribution in [2.45, 2.75) is 31.1 Å². The second kappa shape index (κ2) is 5.42. The van der Waals surface area contributed by atoms with E-state index in [0.29, 0.717) is 5.69 Å². The van der Waals surface area contributed by atoms with Crippen molar-refractivity contribution in [1.82, 2.24) is 4.98 Å². The molecule has 0 saturated heterocycles. The Morgan fingerprint density at radius 3 is 2.30 bits per heavy atom. The topological polar surface area (TPSA) is 62.0 Å². The van der Waals surface area contributed by atoms with E-state index < -0.39 is 10.0 Å². The number of anilines is 1. The normalized spacial score (nSPS) is 12.5. The van der Waals surface area contributed by atoms with Gasteiger partial charge in [0.1, 0.15) is 0 Å². The van der Waals surface area contributed by atoms with Gasteiger partial charge in [-0.1, -0.05) is 32.9 Å². The van der Waals surface area contributed by atoms with E-state index in [1.165, 1.54) is 0 Å². The highest BCUT2D eigenvalue weighted by atomic mass is 32.2. The van der Waals surface area contributed by atoms with E-state index in [1.807, 2.05) is 36.5 Å². The molecule has 2 aromatic carbocycles. The number of hydrogen-bond acceptors (Lipinski definition) is 2. The standard InChI is InChI=1S/C18H20N2O2S/c1-18(2,3)14-4-7-16(8-5-14)23(21,22)20-15-6-9-17-13(12-15)10-11-19-17/h4-12,19-20H,1-3H3. The Bertz CT molecular complexity index is 933. The molecule has 4 nitrogen and oxygen atoms in total. The highest BCUT2D eigenvalue weighted by Gasteiger charge is 2.17. The van der Waals surface area contributed by atoms with Crippen molar-refractivity contribution in [1.29, 1.82) is 0 Å². The van der Waals surface area contributed by atoms with Crippen LogP contribution in [0.15, 0.2) is 59.6 Å². The zero-order valence-electron chi connectivity index (χ0n) is 13.4. The van der Waals surface area contributed by atoms with Gasteiger partial charge in [-0.2, -0.15) is 0 Å². The summed E-state index contributed by atoms with van der Waals surface area (Å²) in [6.45, 7) is 6.29. The first-order valence-electron chi connectivity index (χ1n) is 7.46. The van der Waals surface area contributed by atoms with Gasteiger partial charge in [0, 0.05) is 22.8 Å². The first-order chi connectivity index (χ1) is 10.8. The van der Waals surface area contributed by atoms with Gasteiger partial charge in [0.2, 0.25) is 0 Å². The molecule has 5 heteroatoms. The van der Waals surface area contributed by atoms with Crippen molar-refractivity contribution < 1.29 is 8.42 Å². The van der Waals surface area contributed by atoms with Crippen LogP contribution in [0, 0.1) is 0 Å². The van der Waals surface area contributed by atoms with Crippen molar-refractivity contribution in [3.05, 3.63) is 60.3 Å². The lowest BCUT2D eigenvalue weighted by molar-refractivity contribution is 0.587. The highest BCUT2D eigenvalue weighted by Crippen LogP contribution is 2.25. The lowest BCUT2D eigenvalue weighted by Gasteiger charge is -2.19. The Kier molecular flexibility index (Phi) is 3.68. The number of aromatic amines is 1. The molecule has 0 bridgehead atoms. The molecule has 0 atom stereocenters. The van der Waals surface area contributed by atoms with Crippen LogP contribution in [-0.4, -0.2) is 13.4 Å². The van der Waals surface area contributed by atoms with E-state index in [2.05, 4.69) is 30.5 Å². The van der Waals surface area contributed by atoms with E-state index in [1.54, 1.807) is 18.2 Å². The summed E-state index contributed by atoms with van der Waals surface area (Å²) in [6.07, 6.45) is 1.83. The zero-order valence-corrected chi connectivity index (χ0v) is 14.2. The Balaban J connectivity index is 1.88. The number of aromatic nitrogens is 1. The zero-order chi connectivity index (χ0) is 16.7. The fraction of sp³-hybridized carbons (Fsp3) is 0.222. The SMILES string of the molecule is CC(C)(C)c1ccc(S(=O)(=O)Nc2ccc3[nH]ccc3c2)cc1. The quantitative estimate of drug-likeness (QED) is 0.754. The number of fused-ring (bicyclic) bond motifs is 1. The third-order valence-electron chi connectivity index (χ3n) is 3.84. The van der Waals surface area contributed by atoms with E-state index in [0.717, 1.165) is 16.5 Å². The van der Waals surface area contributed by atoms with Crippen LogP contribution in [0.4, 0.5) is 5.69 Å². The minimum atomic E-state index is -3.59. The summed E-state index contributed by atoms with van der Waals surface area (Å²) >= 11 is 0. The Labute approximate surface area is 136 Å². The molecular weight excluding hydrogens is 308 g/mol. The first kappa shape index (κ1) is 15.6. The lowest BCUT2D eigenvalue weighted by atomic mass is 9.87. The van der Waals surface area contributed by atoms with Crippen LogP contribution < -0.4 is 4.72 Å². The van der Waals surface area contributed by atoms with Crippen LogP contribution in [0.2, 0.25) is 0 Å². The van der Waals surface area contributed by atoms with Gasteiger partial charge in [-0.25, -0.2) is 8.42 Å². The molecular formula is C18H20N2O2S. The molecule has 2 N–H and O–H groups in total. The van der Waals surface area contributed by atoms with Gasteiger partial charge in [-0.3, -0.25) is 4.72 Å². The van der Waals surface area contributed by atoms with E-state index in [-0.39, 0.29) is 10.3 Å². The molecule has 0 aliphatic heterocycles. The molecule has 0 saturated carbocycles. The maximum Gasteiger partial charge on any atom is 0.261 e. The molecule has 3 aromatic rings. The molecule has 1 aromatic heterocycles.